The Bertz CT molecular complexity index is 1280. The second kappa shape index (κ2) is 8.27. The number of benzene rings is 3. The van der Waals surface area contributed by atoms with Crippen molar-refractivity contribution in [3.05, 3.63) is 82.4 Å². The molecule has 166 valence electrons. The first-order valence-corrected chi connectivity index (χ1v) is 11.5. The SMILES string of the molecule is Cc1c(CNC(=O)OCC2c3ccccc3-c3ccccc32)cc(S(=O)(=O)F)c(C)c1N. The maximum absolute atomic E-state index is 13.6. The molecule has 32 heavy (non-hydrogen) atoms. The number of alkyl carbamates (subject to hydrolysis) is 1. The van der Waals surface area contributed by atoms with Crippen LogP contribution in [-0.4, -0.2) is 21.1 Å². The fraction of sp³-hybridized carbons (Fsp3) is 0.208. The molecule has 4 rings (SSSR count). The molecule has 0 bridgehead atoms. The number of ether oxygens (including phenoxy) is 1. The number of halogens is 1. The smallest absolute Gasteiger partial charge is 0.407 e. The van der Waals surface area contributed by atoms with Crippen molar-refractivity contribution in [3.63, 3.8) is 0 Å². The minimum atomic E-state index is -4.94. The Morgan fingerprint density at radius 3 is 2.16 bits per heavy atom. The van der Waals surface area contributed by atoms with Gasteiger partial charge in [0, 0.05) is 18.2 Å². The lowest BCUT2D eigenvalue weighted by molar-refractivity contribution is 0.142. The molecule has 1 aliphatic rings. The maximum Gasteiger partial charge on any atom is 0.407 e. The second-order valence-electron chi connectivity index (χ2n) is 7.81. The third-order valence-corrected chi connectivity index (χ3v) is 6.94. The van der Waals surface area contributed by atoms with Crippen LogP contribution in [0.15, 0.2) is 59.5 Å². The van der Waals surface area contributed by atoms with Crippen LogP contribution >= 0.6 is 0 Å². The number of amides is 1. The highest BCUT2D eigenvalue weighted by atomic mass is 32.3. The summed E-state index contributed by atoms with van der Waals surface area (Å²) in [6.07, 6.45) is -0.657. The first-order chi connectivity index (χ1) is 15.2. The summed E-state index contributed by atoms with van der Waals surface area (Å²) < 4.78 is 41.9. The summed E-state index contributed by atoms with van der Waals surface area (Å²) in [5, 5.41) is 2.60. The largest absolute Gasteiger partial charge is 0.449 e. The van der Waals surface area contributed by atoms with Gasteiger partial charge in [-0.2, -0.15) is 8.42 Å². The average Bonchev–Trinajstić information content (AvgIpc) is 3.08. The Balaban J connectivity index is 1.47. The molecule has 1 amide bonds. The van der Waals surface area contributed by atoms with E-state index < -0.39 is 21.2 Å². The van der Waals surface area contributed by atoms with Crippen molar-refractivity contribution in [1.29, 1.82) is 0 Å². The van der Waals surface area contributed by atoms with Crippen LogP contribution in [0.1, 0.15) is 33.7 Å². The van der Waals surface area contributed by atoms with Crippen LogP contribution < -0.4 is 11.1 Å². The number of nitrogens with two attached hydrogens (primary N) is 1. The van der Waals surface area contributed by atoms with E-state index in [0.29, 0.717) is 11.1 Å². The van der Waals surface area contributed by atoms with Gasteiger partial charge >= 0.3 is 16.3 Å². The molecule has 0 unspecified atom stereocenters. The lowest BCUT2D eigenvalue weighted by Gasteiger charge is -2.16. The third kappa shape index (κ3) is 3.93. The maximum atomic E-state index is 13.6. The Hall–Kier alpha value is -3.39. The van der Waals surface area contributed by atoms with Crippen molar-refractivity contribution in [2.75, 3.05) is 12.3 Å². The van der Waals surface area contributed by atoms with Gasteiger partial charge in [0.2, 0.25) is 0 Å². The molecule has 0 saturated carbocycles. The lowest BCUT2D eigenvalue weighted by atomic mass is 9.98. The number of carbonyl (C=O) groups is 1. The molecule has 3 aromatic rings. The molecule has 0 spiro atoms. The Morgan fingerprint density at radius 1 is 1.03 bits per heavy atom. The third-order valence-electron chi connectivity index (χ3n) is 5.99. The van der Waals surface area contributed by atoms with Crippen LogP contribution in [0.2, 0.25) is 0 Å². The molecule has 0 atom stereocenters. The topological polar surface area (TPSA) is 98.5 Å². The number of nitrogens with one attached hydrogen (secondary N) is 1. The van der Waals surface area contributed by atoms with E-state index in [1.54, 1.807) is 6.92 Å². The molecule has 0 aromatic heterocycles. The van der Waals surface area contributed by atoms with Crippen molar-refractivity contribution in [3.8, 4) is 11.1 Å². The van der Waals surface area contributed by atoms with E-state index in [0.717, 1.165) is 22.3 Å². The van der Waals surface area contributed by atoms with Crippen LogP contribution in [0.3, 0.4) is 0 Å². The minimum Gasteiger partial charge on any atom is -0.449 e. The standard InChI is InChI=1S/C24H23FN2O4S/c1-14-16(11-22(32(25,29)30)15(2)23(14)26)12-27-24(28)31-13-21-19-9-5-3-7-17(19)18-8-4-6-10-20(18)21/h3-11,21H,12-13,26H2,1-2H3,(H,27,28). The van der Waals surface area contributed by atoms with Crippen molar-refractivity contribution < 1.29 is 21.8 Å². The van der Waals surface area contributed by atoms with Gasteiger partial charge in [-0.3, -0.25) is 0 Å². The highest BCUT2D eigenvalue weighted by Gasteiger charge is 2.29. The number of anilines is 1. The van der Waals surface area contributed by atoms with E-state index in [2.05, 4.69) is 17.4 Å². The summed E-state index contributed by atoms with van der Waals surface area (Å²) in [6.45, 7) is 3.23. The Kier molecular flexibility index (Phi) is 5.64. The fourth-order valence-electron chi connectivity index (χ4n) is 4.22. The number of carbonyl (C=O) groups excluding carboxylic acids is 1. The molecule has 0 saturated heterocycles. The summed E-state index contributed by atoms with van der Waals surface area (Å²) in [5.41, 5.74) is 11.7. The number of hydrogen-bond donors (Lipinski definition) is 2. The lowest BCUT2D eigenvalue weighted by Crippen LogP contribution is -2.26. The van der Waals surface area contributed by atoms with Crippen LogP contribution in [0.25, 0.3) is 11.1 Å². The molecule has 3 aromatic carbocycles. The first-order valence-electron chi connectivity index (χ1n) is 10.1. The molecular formula is C24H23FN2O4S. The number of hydrogen-bond acceptors (Lipinski definition) is 5. The summed E-state index contributed by atoms with van der Waals surface area (Å²) >= 11 is 0. The zero-order valence-corrected chi connectivity index (χ0v) is 18.5. The molecule has 6 nitrogen and oxygen atoms in total. The van der Waals surface area contributed by atoms with Crippen molar-refractivity contribution in [2.45, 2.75) is 31.2 Å². The molecule has 1 aliphatic carbocycles. The molecule has 0 fully saturated rings. The van der Waals surface area contributed by atoms with E-state index in [9.17, 15) is 17.1 Å². The highest BCUT2D eigenvalue weighted by Crippen LogP contribution is 2.44. The highest BCUT2D eigenvalue weighted by molar-refractivity contribution is 7.86. The molecule has 0 radical (unpaired) electrons. The molecule has 3 N–H and O–H groups in total. The van der Waals surface area contributed by atoms with Crippen LogP contribution in [0.5, 0.6) is 0 Å². The molecule has 8 heteroatoms. The Morgan fingerprint density at radius 2 is 1.59 bits per heavy atom. The summed E-state index contributed by atoms with van der Waals surface area (Å²) in [5.74, 6) is -0.0758. The number of nitrogen functional groups attached to an aromatic ring is 1. The monoisotopic (exact) mass is 454 g/mol. The van der Waals surface area contributed by atoms with E-state index in [-0.39, 0.29) is 30.3 Å². The molecular weight excluding hydrogens is 431 g/mol. The van der Waals surface area contributed by atoms with Gasteiger partial charge in [-0.05, 0) is 58.9 Å². The van der Waals surface area contributed by atoms with Gasteiger partial charge < -0.3 is 15.8 Å². The van der Waals surface area contributed by atoms with Gasteiger partial charge in [-0.1, -0.05) is 48.5 Å². The van der Waals surface area contributed by atoms with Crippen molar-refractivity contribution in [2.24, 2.45) is 0 Å². The molecule has 0 aliphatic heterocycles. The first kappa shape index (κ1) is 21.8. The molecule has 0 heterocycles. The van der Waals surface area contributed by atoms with Crippen molar-refractivity contribution in [1.82, 2.24) is 5.32 Å². The summed E-state index contributed by atoms with van der Waals surface area (Å²) in [7, 11) is -4.94. The van der Waals surface area contributed by atoms with Crippen molar-refractivity contribution >= 4 is 22.0 Å². The van der Waals surface area contributed by atoms with Gasteiger partial charge in [0.1, 0.15) is 11.5 Å². The number of fused-ring (bicyclic) bond motifs is 3. The van der Waals surface area contributed by atoms with Gasteiger partial charge in [0.15, 0.2) is 0 Å². The van der Waals surface area contributed by atoms with Crippen LogP contribution in [-0.2, 0) is 21.5 Å². The zero-order valence-electron chi connectivity index (χ0n) is 17.7. The van der Waals surface area contributed by atoms with E-state index in [4.69, 9.17) is 10.5 Å². The quantitative estimate of drug-likeness (QED) is 0.434. The van der Waals surface area contributed by atoms with Gasteiger partial charge in [0.25, 0.3) is 0 Å². The Labute approximate surface area is 186 Å². The van der Waals surface area contributed by atoms with Crippen LogP contribution in [0, 0.1) is 13.8 Å². The van der Waals surface area contributed by atoms with E-state index >= 15 is 0 Å². The predicted octanol–water partition coefficient (Wildman–Crippen LogP) is 4.58. The minimum absolute atomic E-state index is 0.0461. The normalized spacial score (nSPS) is 12.8. The van der Waals surface area contributed by atoms with Crippen LogP contribution in [0.4, 0.5) is 14.4 Å². The fourth-order valence-corrected chi connectivity index (χ4v) is 4.97. The van der Waals surface area contributed by atoms with E-state index in [1.807, 2.05) is 36.4 Å². The van der Waals surface area contributed by atoms with Gasteiger partial charge in [-0.15, -0.1) is 3.89 Å². The predicted molar refractivity (Wildman–Crippen MR) is 121 cm³/mol. The average molecular weight is 455 g/mol. The summed E-state index contributed by atoms with van der Waals surface area (Å²) in [6, 6.07) is 17.2. The van der Waals surface area contributed by atoms with Gasteiger partial charge in [-0.25, -0.2) is 4.79 Å². The second-order valence-corrected chi connectivity index (χ2v) is 9.13. The van der Waals surface area contributed by atoms with Gasteiger partial charge in [0.05, 0.1) is 0 Å². The number of rotatable bonds is 5. The summed E-state index contributed by atoms with van der Waals surface area (Å²) in [4.78, 5) is 11.9. The van der Waals surface area contributed by atoms with E-state index in [1.165, 1.54) is 13.0 Å². The zero-order chi connectivity index (χ0) is 23.0.